The normalized spacial score (nSPS) is 11.7. The first-order chi connectivity index (χ1) is 9.56. The highest BCUT2D eigenvalue weighted by molar-refractivity contribution is 5.77. The summed E-state index contributed by atoms with van der Waals surface area (Å²) in [5, 5.41) is 22.0. The fourth-order valence-electron chi connectivity index (χ4n) is 1.62. The number of aliphatic hydroxyl groups is 1. The number of nitro groups is 1. The Hall–Kier alpha value is -2.15. The number of ether oxygens (including phenoxy) is 1. The van der Waals surface area contributed by atoms with E-state index in [0.717, 1.165) is 6.42 Å². The molecule has 110 valence electrons. The lowest BCUT2D eigenvalue weighted by atomic mass is 10.1. The van der Waals surface area contributed by atoms with Crippen LogP contribution in [-0.2, 0) is 4.79 Å². The van der Waals surface area contributed by atoms with Crippen molar-refractivity contribution >= 4 is 11.6 Å². The molecule has 1 amide bonds. The van der Waals surface area contributed by atoms with Crippen LogP contribution in [0.25, 0.3) is 0 Å². The molecule has 0 fully saturated rings. The van der Waals surface area contributed by atoms with E-state index in [-0.39, 0.29) is 30.9 Å². The summed E-state index contributed by atoms with van der Waals surface area (Å²) in [7, 11) is 0. The fraction of sp³-hybridized carbons (Fsp3) is 0.462. The maximum absolute atomic E-state index is 11.6. The van der Waals surface area contributed by atoms with Gasteiger partial charge in [-0.15, -0.1) is 0 Å². The van der Waals surface area contributed by atoms with Crippen LogP contribution in [0.1, 0.15) is 19.8 Å². The number of carbonyl (C=O) groups is 1. The summed E-state index contributed by atoms with van der Waals surface area (Å²) in [5.74, 6) is 0.101. The maximum Gasteiger partial charge on any atom is 0.269 e. The average Bonchev–Trinajstić information content (AvgIpc) is 2.45. The van der Waals surface area contributed by atoms with Crippen LogP contribution >= 0.6 is 0 Å². The number of nitrogens with one attached hydrogen (secondary N) is 1. The van der Waals surface area contributed by atoms with Crippen LogP contribution in [0.4, 0.5) is 5.69 Å². The van der Waals surface area contributed by atoms with Gasteiger partial charge in [-0.2, -0.15) is 0 Å². The molecule has 0 spiro atoms. The van der Waals surface area contributed by atoms with Crippen LogP contribution in [0.15, 0.2) is 24.3 Å². The van der Waals surface area contributed by atoms with Crippen LogP contribution < -0.4 is 10.1 Å². The van der Waals surface area contributed by atoms with Gasteiger partial charge in [0, 0.05) is 24.8 Å². The van der Waals surface area contributed by atoms with Crippen molar-refractivity contribution in [2.75, 3.05) is 13.2 Å². The van der Waals surface area contributed by atoms with Crippen molar-refractivity contribution in [1.82, 2.24) is 5.32 Å². The number of rotatable bonds is 8. The standard InChI is InChI=1S/C13H18N2O5/c1-2-10(7-8-16)14-13(17)9-20-12-5-3-11(4-6-12)15(18)19/h3-6,10,16H,2,7-9H2,1H3,(H,14,17). The van der Waals surface area contributed by atoms with Crippen molar-refractivity contribution in [2.24, 2.45) is 0 Å². The lowest BCUT2D eigenvalue weighted by molar-refractivity contribution is -0.384. The van der Waals surface area contributed by atoms with Crippen molar-refractivity contribution in [3.05, 3.63) is 34.4 Å². The Labute approximate surface area is 116 Å². The lowest BCUT2D eigenvalue weighted by Gasteiger charge is -2.15. The number of hydrogen-bond acceptors (Lipinski definition) is 5. The number of nitrogens with zero attached hydrogens (tertiary/aromatic N) is 1. The molecule has 0 aromatic heterocycles. The quantitative estimate of drug-likeness (QED) is 0.552. The average molecular weight is 282 g/mol. The molecule has 1 rings (SSSR count). The topological polar surface area (TPSA) is 102 Å². The molecule has 1 aromatic carbocycles. The van der Waals surface area contributed by atoms with E-state index in [1.165, 1.54) is 24.3 Å². The molecule has 0 bridgehead atoms. The molecule has 7 nitrogen and oxygen atoms in total. The molecule has 0 saturated heterocycles. The first-order valence-corrected chi connectivity index (χ1v) is 6.34. The zero-order valence-corrected chi connectivity index (χ0v) is 11.2. The highest BCUT2D eigenvalue weighted by atomic mass is 16.6. The van der Waals surface area contributed by atoms with Crippen LogP contribution in [0, 0.1) is 10.1 Å². The third-order valence-corrected chi connectivity index (χ3v) is 2.75. The van der Waals surface area contributed by atoms with E-state index >= 15 is 0 Å². The Morgan fingerprint density at radius 2 is 2.10 bits per heavy atom. The van der Waals surface area contributed by atoms with Gasteiger partial charge in [0.1, 0.15) is 5.75 Å². The van der Waals surface area contributed by atoms with Gasteiger partial charge in [0.25, 0.3) is 11.6 Å². The van der Waals surface area contributed by atoms with Gasteiger partial charge in [0.2, 0.25) is 0 Å². The van der Waals surface area contributed by atoms with E-state index in [9.17, 15) is 14.9 Å². The first-order valence-electron chi connectivity index (χ1n) is 6.34. The third-order valence-electron chi connectivity index (χ3n) is 2.75. The van der Waals surface area contributed by atoms with E-state index in [4.69, 9.17) is 9.84 Å². The molecule has 1 atom stereocenters. The Kier molecular flexibility index (Phi) is 6.45. The molecule has 1 unspecified atom stereocenters. The van der Waals surface area contributed by atoms with Crippen LogP contribution in [-0.4, -0.2) is 35.2 Å². The summed E-state index contributed by atoms with van der Waals surface area (Å²) >= 11 is 0. The fourth-order valence-corrected chi connectivity index (χ4v) is 1.62. The predicted octanol–water partition coefficient (Wildman–Crippen LogP) is 1.25. The van der Waals surface area contributed by atoms with Crippen LogP contribution in [0.2, 0.25) is 0 Å². The van der Waals surface area contributed by atoms with Crippen LogP contribution in [0.5, 0.6) is 5.75 Å². The summed E-state index contributed by atoms with van der Waals surface area (Å²) in [5.41, 5.74) is -0.0317. The molecule has 20 heavy (non-hydrogen) atoms. The molecule has 0 radical (unpaired) electrons. The van der Waals surface area contributed by atoms with Crippen molar-refractivity contribution in [3.8, 4) is 5.75 Å². The van der Waals surface area contributed by atoms with Crippen LogP contribution in [0.3, 0.4) is 0 Å². The minimum atomic E-state index is -0.503. The molecular formula is C13H18N2O5. The monoisotopic (exact) mass is 282 g/mol. The van der Waals surface area contributed by atoms with E-state index < -0.39 is 4.92 Å². The number of carbonyl (C=O) groups excluding carboxylic acids is 1. The summed E-state index contributed by atoms with van der Waals surface area (Å²) in [6, 6.07) is 5.43. The molecule has 1 aromatic rings. The number of hydrogen-bond donors (Lipinski definition) is 2. The number of benzene rings is 1. The highest BCUT2D eigenvalue weighted by Gasteiger charge is 2.11. The zero-order chi connectivity index (χ0) is 15.0. The maximum atomic E-state index is 11.6. The second-order valence-electron chi connectivity index (χ2n) is 4.22. The molecule has 0 heterocycles. The number of nitro benzene ring substituents is 1. The van der Waals surface area contributed by atoms with Gasteiger partial charge >= 0.3 is 0 Å². The number of amides is 1. The highest BCUT2D eigenvalue weighted by Crippen LogP contribution is 2.17. The number of non-ortho nitro benzene ring substituents is 1. The minimum absolute atomic E-state index is 0.0159. The van der Waals surface area contributed by atoms with E-state index in [2.05, 4.69) is 5.32 Å². The van der Waals surface area contributed by atoms with Gasteiger partial charge in [-0.25, -0.2) is 0 Å². The van der Waals surface area contributed by atoms with Crippen molar-refractivity contribution in [1.29, 1.82) is 0 Å². The van der Waals surface area contributed by atoms with E-state index in [0.29, 0.717) is 12.2 Å². The molecule has 0 aliphatic rings. The Morgan fingerprint density at radius 3 is 2.60 bits per heavy atom. The molecule has 0 aliphatic heterocycles. The van der Waals surface area contributed by atoms with Gasteiger partial charge in [-0.05, 0) is 25.0 Å². The molecule has 7 heteroatoms. The molecular weight excluding hydrogens is 264 g/mol. The first kappa shape index (κ1) is 15.9. The zero-order valence-electron chi connectivity index (χ0n) is 11.2. The minimum Gasteiger partial charge on any atom is -0.484 e. The second kappa shape index (κ2) is 8.11. The van der Waals surface area contributed by atoms with Crippen molar-refractivity contribution in [2.45, 2.75) is 25.8 Å². The van der Waals surface area contributed by atoms with Crippen molar-refractivity contribution < 1.29 is 19.6 Å². The summed E-state index contributed by atoms with van der Waals surface area (Å²) in [4.78, 5) is 21.6. The Morgan fingerprint density at radius 1 is 1.45 bits per heavy atom. The Balaban J connectivity index is 2.42. The van der Waals surface area contributed by atoms with Gasteiger partial charge in [0.05, 0.1) is 4.92 Å². The lowest BCUT2D eigenvalue weighted by Crippen LogP contribution is -2.38. The summed E-state index contributed by atoms with van der Waals surface area (Å²) in [6.45, 7) is 1.76. The second-order valence-corrected chi connectivity index (χ2v) is 4.22. The number of aliphatic hydroxyl groups excluding tert-OH is 1. The van der Waals surface area contributed by atoms with Gasteiger partial charge < -0.3 is 15.2 Å². The predicted molar refractivity (Wildman–Crippen MR) is 72.5 cm³/mol. The summed E-state index contributed by atoms with van der Waals surface area (Å²) in [6.07, 6.45) is 1.23. The van der Waals surface area contributed by atoms with Gasteiger partial charge in [0.15, 0.2) is 6.61 Å². The van der Waals surface area contributed by atoms with Gasteiger partial charge in [-0.3, -0.25) is 14.9 Å². The van der Waals surface area contributed by atoms with E-state index in [1.54, 1.807) is 0 Å². The third kappa shape index (κ3) is 5.23. The molecule has 0 aliphatic carbocycles. The van der Waals surface area contributed by atoms with Gasteiger partial charge in [-0.1, -0.05) is 6.92 Å². The Bertz CT molecular complexity index is 447. The van der Waals surface area contributed by atoms with E-state index in [1.807, 2.05) is 6.92 Å². The largest absolute Gasteiger partial charge is 0.484 e. The molecule has 2 N–H and O–H groups in total. The van der Waals surface area contributed by atoms with Crippen molar-refractivity contribution in [3.63, 3.8) is 0 Å². The molecule has 0 saturated carbocycles. The summed E-state index contributed by atoms with van der Waals surface area (Å²) < 4.78 is 5.23. The smallest absolute Gasteiger partial charge is 0.269 e. The SMILES string of the molecule is CCC(CCO)NC(=O)COc1ccc([N+](=O)[O-])cc1.